The summed E-state index contributed by atoms with van der Waals surface area (Å²) in [5.41, 5.74) is -0.0905. The summed E-state index contributed by atoms with van der Waals surface area (Å²) in [6.07, 6.45) is 2.95. The van der Waals surface area contributed by atoms with E-state index in [1.165, 1.54) is 12.1 Å². The topological polar surface area (TPSA) is 20.3 Å². The van der Waals surface area contributed by atoms with Crippen LogP contribution < -0.4 is 0 Å². The molecule has 1 heterocycles. The molecule has 1 fully saturated rings. The molecule has 2 rings (SSSR count). The molecule has 0 aliphatic carbocycles. The highest BCUT2D eigenvalue weighted by Crippen LogP contribution is 2.27. The molecule has 1 unspecified atom stereocenters. The fourth-order valence-corrected chi connectivity index (χ4v) is 2.43. The third-order valence-electron chi connectivity index (χ3n) is 3.14. The summed E-state index contributed by atoms with van der Waals surface area (Å²) in [6.45, 7) is 1.28. The first-order valence-corrected chi connectivity index (χ1v) is 6.41. The lowest BCUT2D eigenvalue weighted by Crippen LogP contribution is -2.37. The molecule has 18 heavy (non-hydrogen) atoms. The molecule has 1 aromatic carbocycles. The molecule has 98 valence electrons. The summed E-state index contributed by atoms with van der Waals surface area (Å²) in [4.78, 5) is 13.7. The first-order valence-electron chi connectivity index (χ1n) is 5.98. The normalized spacial score (nSPS) is 17.6. The second-order valence-electron chi connectivity index (χ2n) is 4.39. The highest BCUT2D eigenvalue weighted by Gasteiger charge is 2.27. The van der Waals surface area contributed by atoms with E-state index in [-0.39, 0.29) is 11.5 Å². The Kier molecular flexibility index (Phi) is 4.17. The van der Waals surface area contributed by atoms with Crippen molar-refractivity contribution in [3.8, 4) is 0 Å². The second-order valence-corrected chi connectivity index (χ2v) is 4.83. The first-order chi connectivity index (χ1) is 8.61. The van der Waals surface area contributed by atoms with Gasteiger partial charge in [-0.3, -0.25) is 4.79 Å². The van der Waals surface area contributed by atoms with E-state index in [1.54, 1.807) is 4.90 Å². The molecule has 5 heteroatoms. The molecule has 0 N–H and O–H groups in total. The number of carbonyl (C=O) groups is 1. The van der Waals surface area contributed by atoms with E-state index in [4.69, 9.17) is 11.6 Å². The van der Waals surface area contributed by atoms with Crippen molar-refractivity contribution in [3.05, 3.63) is 35.4 Å². The van der Waals surface area contributed by atoms with E-state index in [1.807, 2.05) is 0 Å². The van der Waals surface area contributed by atoms with Gasteiger partial charge in [-0.2, -0.15) is 0 Å². The molecule has 1 aliphatic heterocycles. The van der Waals surface area contributed by atoms with Gasteiger partial charge >= 0.3 is 0 Å². The summed E-state index contributed by atoms with van der Waals surface area (Å²) >= 11 is 5.97. The SMILES string of the molecule is O=C(C(Cl)c1cccc(F)c1F)N1CCCCC1. The Labute approximate surface area is 110 Å². The maximum absolute atomic E-state index is 13.5. The van der Waals surface area contributed by atoms with Crippen LogP contribution in [0.3, 0.4) is 0 Å². The van der Waals surface area contributed by atoms with Crippen molar-refractivity contribution in [2.45, 2.75) is 24.6 Å². The molecule has 0 bridgehead atoms. The summed E-state index contributed by atoms with van der Waals surface area (Å²) < 4.78 is 26.6. The predicted molar refractivity (Wildman–Crippen MR) is 65.4 cm³/mol. The van der Waals surface area contributed by atoms with Crippen LogP contribution in [0.5, 0.6) is 0 Å². The van der Waals surface area contributed by atoms with Crippen LogP contribution >= 0.6 is 11.6 Å². The van der Waals surface area contributed by atoms with Crippen molar-refractivity contribution in [1.82, 2.24) is 4.90 Å². The lowest BCUT2D eigenvalue weighted by molar-refractivity contribution is -0.131. The average Bonchev–Trinajstić information content (AvgIpc) is 2.41. The van der Waals surface area contributed by atoms with Crippen molar-refractivity contribution < 1.29 is 13.6 Å². The zero-order chi connectivity index (χ0) is 13.1. The Morgan fingerprint density at radius 3 is 2.56 bits per heavy atom. The van der Waals surface area contributed by atoms with Crippen LogP contribution in [-0.2, 0) is 4.79 Å². The van der Waals surface area contributed by atoms with E-state index in [0.29, 0.717) is 13.1 Å². The molecule has 0 aromatic heterocycles. The summed E-state index contributed by atoms with van der Waals surface area (Å²) in [5, 5.41) is -1.15. The Morgan fingerprint density at radius 2 is 1.89 bits per heavy atom. The summed E-state index contributed by atoms with van der Waals surface area (Å²) in [7, 11) is 0. The Bertz CT molecular complexity index is 447. The molecule has 1 saturated heterocycles. The van der Waals surface area contributed by atoms with Gasteiger partial charge in [0.15, 0.2) is 11.6 Å². The molecule has 1 aliphatic rings. The third-order valence-corrected chi connectivity index (χ3v) is 3.56. The van der Waals surface area contributed by atoms with Gasteiger partial charge in [-0.25, -0.2) is 8.78 Å². The van der Waals surface area contributed by atoms with Crippen LogP contribution in [0.15, 0.2) is 18.2 Å². The summed E-state index contributed by atoms with van der Waals surface area (Å²) in [6, 6.07) is 3.71. The van der Waals surface area contributed by atoms with Gasteiger partial charge in [0.25, 0.3) is 0 Å². The number of halogens is 3. The number of likely N-dealkylation sites (tertiary alicyclic amines) is 1. The zero-order valence-corrected chi connectivity index (χ0v) is 10.6. The van der Waals surface area contributed by atoms with Gasteiger partial charge in [0.1, 0.15) is 5.38 Å². The molecular weight excluding hydrogens is 260 g/mol. The molecule has 2 nitrogen and oxygen atoms in total. The number of carbonyl (C=O) groups excluding carboxylic acids is 1. The Balaban J connectivity index is 2.17. The molecule has 1 atom stereocenters. The van der Waals surface area contributed by atoms with Crippen molar-refractivity contribution in [2.24, 2.45) is 0 Å². The maximum Gasteiger partial charge on any atom is 0.245 e. The lowest BCUT2D eigenvalue weighted by Gasteiger charge is -2.28. The van der Waals surface area contributed by atoms with Gasteiger partial charge in [-0.1, -0.05) is 12.1 Å². The third kappa shape index (κ3) is 2.64. The highest BCUT2D eigenvalue weighted by molar-refractivity contribution is 6.30. The number of hydrogen-bond acceptors (Lipinski definition) is 1. The van der Waals surface area contributed by atoms with Gasteiger partial charge in [0, 0.05) is 18.7 Å². The minimum absolute atomic E-state index is 0.0905. The molecule has 1 amide bonds. The van der Waals surface area contributed by atoms with Crippen LogP contribution in [0.2, 0.25) is 0 Å². The van der Waals surface area contributed by atoms with E-state index in [9.17, 15) is 13.6 Å². The number of piperidine rings is 1. The van der Waals surface area contributed by atoms with Crippen molar-refractivity contribution in [2.75, 3.05) is 13.1 Å². The van der Waals surface area contributed by atoms with Gasteiger partial charge in [-0.15, -0.1) is 11.6 Å². The van der Waals surface area contributed by atoms with Crippen LogP contribution in [0, 0.1) is 11.6 Å². The zero-order valence-electron chi connectivity index (χ0n) is 9.83. The van der Waals surface area contributed by atoms with Crippen molar-refractivity contribution >= 4 is 17.5 Å². The van der Waals surface area contributed by atoms with E-state index < -0.39 is 17.0 Å². The van der Waals surface area contributed by atoms with Gasteiger partial charge in [-0.05, 0) is 25.3 Å². The van der Waals surface area contributed by atoms with E-state index in [2.05, 4.69) is 0 Å². The monoisotopic (exact) mass is 273 g/mol. The van der Waals surface area contributed by atoms with Gasteiger partial charge < -0.3 is 4.90 Å². The highest BCUT2D eigenvalue weighted by atomic mass is 35.5. The number of alkyl halides is 1. The van der Waals surface area contributed by atoms with Crippen LogP contribution in [0.4, 0.5) is 8.78 Å². The number of benzene rings is 1. The fourth-order valence-electron chi connectivity index (χ4n) is 2.12. The minimum atomic E-state index is -1.15. The van der Waals surface area contributed by atoms with Crippen LogP contribution in [0.1, 0.15) is 30.2 Å². The first kappa shape index (κ1) is 13.3. The molecular formula is C13H14ClF2NO. The lowest BCUT2D eigenvalue weighted by atomic mass is 10.1. The van der Waals surface area contributed by atoms with Crippen molar-refractivity contribution in [3.63, 3.8) is 0 Å². The Morgan fingerprint density at radius 1 is 1.22 bits per heavy atom. The molecule has 0 radical (unpaired) electrons. The number of nitrogens with zero attached hydrogens (tertiary/aromatic N) is 1. The maximum atomic E-state index is 13.5. The largest absolute Gasteiger partial charge is 0.341 e. The van der Waals surface area contributed by atoms with Gasteiger partial charge in [0.05, 0.1) is 0 Å². The average molecular weight is 274 g/mol. The van der Waals surface area contributed by atoms with Gasteiger partial charge in [0.2, 0.25) is 5.91 Å². The fraction of sp³-hybridized carbons (Fsp3) is 0.462. The molecule has 0 saturated carbocycles. The van der Waals surface area contributed by atoms with Crippen LogP contribution in [-0.4, -0.2) is 23.9 Å². The van der Waals surface area contributed by atoms with Crippen molar-refractivity contribution in [1.29, 1.82) is 0 Å². The Hall–Kier alpha value is -1.16. The minimum Gasteiger partial charge on any atom is -0.341 e. The van der Waals surface area contributed by atoms with Crippen LogP contribution in [0.25, 0.3) is 0 Å². The molecule has 1 aromatic rings. The summed E-state index contributed by atoms with van der Waals surface area (Å²) in [5.74, 6) is -2.37. The molecule has 0 spiro atoms. The van der Waals surface area contributed by atoms with E-state index in [0.717, 1.165) is 25.3 Å². The van der Waals surface area contributed by atoms with E-state index >= 15 is 0 Å². The number of amides is 1. The quantitative estimate of drug-likeness (QED) is 0.758. The smallest absolute Gasteiger partial charge is 0.245 e. The number of rotatable bonds is 2. The standard InChI is InChI=1S/C13H14ClF2NO/c14-11(9-5-4-6-10(15)12(9)16)13(18)17-7-2-1-3-8-17/h4-6,11H,1-3,7-8H2. The predicted octanol–water partition coefficient (Wildman–Crippen LogP) is 3.26. The number of hydrogen-bond donors (Lipinski definition) is 0. The second kappa shape index (κ2) is 5.65.